The maximum atomic E-state index is 13.5. The summed E-state index contributed by atoms with van der Waals surface area (Å²) >= 11 is 12.2. The molecule has 1 unspecified atom stereocenters. The van der Waals surface area contributed by atoms with E-state index in [4.69, 9.17) is 27.9 Å². The Balaban J connectivity index is 1.13. The minimum Gasteiger partial charge on any atom is -0.489 e. The second-order valence-electron chi connectivity index (χ2n) is 12.6. The van der Waals surface area contributed by atoms with Gasteiger partial charge in [-0.2, -0.15) is 0 Å². The number of para-hydroxylation sites is 1. The van der Waals surface area contributed by atoms with Crippen molar-refractivity contribution in [2.45, 2.75) is 83.6 Å². The lowest BCUT2D eigenvalue weighted by Crippen LogP contribution is -2.43. The van der Waals surface area contributed by atoms with Crippen LogP contribution in [0.2, 0.25) is 10.0 Å². The molecule has 0 radical (unpaired) electrons. The first-order valence-electron chi connectivity index (χ1n) is 16.0. The summed E-state index contributed by atoms with van der Waals surface area (Å²) in [5.74, 6) is 1.21. The molecule has 9 heteroatoms. The smallest absolute Gasteiger partial charge is 0.253 e. The van der Waals surface area contributed by atoms with Crippen molar-refractivity contribution in [1.82, 2.24) is 19.8 Å². The highest BCUT2D eigenvalue weighted by Gasteiger charge is 2.40. The summed E-state index contributed by atoms with van der Waals surface area (Å²) in [7, 11) is 0. The Morgan fingerprint density at radius 3 is 2.51 bits per heavy atom. The van der Waals surface area contributed by atoms with Gasteiger partial charge in [-0.05, 0) is 87.8 Å². The molecule has 0 saturated carbocycles. The number of nitrogens with one attached hydrogen (secondary N) is 1. The van der Waals surface area contributed by atoms with Gasteiger partial charge in [-0.3, -0.25) is 19.5 Å². The van der Waals surface area contributed by atoms with Gasteiger partial charge >= 0.3 is 0 Å². The van der Waals surface area contributed by atoms with E-state index in [0.29, 0.717) is 52.3 Å². The van der Waals surface area contributed by atoms with E-state index < -0.39 is 0 Å². The second-order valence-corrected chi connectivity index (χ2v) is 13.5. The Bertz CT molecular complexity index is 1660. The fourth-order valence-electron chi connectivity index (χ4n) is 7.20. The first-order valence-corrected chi connectivity index (χ1v) is 16.7. The molecule has 0 aliphatic carbocycles. The molecular weight excluding hydrogens is 607 g/mol. The molecule has 4 heterocycles. The number of nitrogens with zero attached hydrogens (tertiary/aromatic N) is 3. The predicted octanol–water partition coefficient (Wildman–Crippen LogP) is 7.97. The van der Waals surface area contributed by atoms with Crippen LogP contribution in [-0.2, 0) is 13.1 Å². The number of pyridine rings is 1. The van der Waals surface area contributed by atoms with Crippen molar-refractivity contribution >= 4 is 45.8 Å². The number of rotatable bonds is 12. The summed E-state index contributed by atoms with van der Waals surface area (Å²) in [4.78, 5) is 33.2. The summed E-state index contributed by atoms with van der Waals surface area (Å²) in [5.41, 5.74) is 3.03. The fraction of sp³-hybridized carbons (Fsp3) is 0.417. The molecule has 236 valence electrons. The van der Waals surface area contributed by atoms with Gasteiger partial charge in [0, 0.05) is 55.9 Å². The number of halogens is 2. The summed E-state index contributed by atoms with van der Waals surface area (Å²) in [6, 6.07) is 17.9. The van der Waals surface area contributed by atoms with E-state index in [0.717, 1.165) is 54.6 Å². The SMILES string of the molecule is CC(C)Oc1cccc2c(C(=O)NCc3ccc(Cl)c(Cl)c3)cn(CCCN3[C@@H]4CC[C@H]3CC(CC(=O)c3ccccn3)C4)c12. The van der Waals surface area contributed by atoms with E-state index in [-0.39, 0.29) is 17.8 Å². The van der Waals surface area contributed by atoms with Crippen LogP contribution in [0.15, 0.2) is 67.0 Å². The quantitative estimate of drug-likeness (QED) is 0.158. The lowest BCUT2D eigenvalue weighted by atomic mass is 9.86. The van der Waals surface area contributed by atoms with Gasteiger partial charge in [0.05, 0.1) is 27.2 Å². The Morgan fingerprint density at radius 2 is 1.80 bits per heavy atom. The van der Waals surface area contributed by atoms with Gasteiger partial charge < -0.3 is 14.6 Å². The summed E-state index contributed by atoms with van der Waals surface area (Å²) in [6.45, 7) is 6.13. The van der Waals surface area contributed by atoms with Crippen molar-refractivity contribution < 1.29 is 14.3 Å². The molecule has 2 aromatic carbocycles. The minimum atomic E-state index is -0.146. The Hall–Kier alpha value is -3.39. The van der Waals surface area contributed by atoms with Crippen LogP contribution < -0.4 is 10.1 Å². The summed E-state index contributed by atoms with van der Waals surface area (Å²) < 4.78 is 8.39. The summed E-state index contributed by atoms with van der Waals surface area (Å²) in [6.07, 6.45) is 9.73. The van der Waals surface area contributed by atoms with E-state index in [1.54, 1.807) is 18.3 Å². The molecule has 2 aliphatic heterocycles. The van der Waals surface area contributed by atoms with Crippen LogP contribution in [0.5, 0.6) is 5.75 Å². The molecule has 2 fully saturated rings. The molecular formula is C36H40Cl2N4O3. The molecule has 1 N–H and O–H groups in total. The van der Waals surface area contributed by atoms with Gasteiger partial charge in [-0.25, -0.2) is 0 Å². The fourth-order valence-corrected chi connectivity index (χ4v) is 7.52. The molecule has 3 atom stereocenters. The monoisotopic (exact) mass is 646 g/mol. The summed E-state index contributed by atoms with van der Waals surface area (Å²) in [5, 5.41) is 4.88. The Morgan fingerprint density at radius 1 is 1.00 bits per heavy atom. The first kappa shape index (κ1) is 31.6. The molecule has 2 aromatic heterocycles. The number of amides is 1. The van der Waals surface area contributed by atoms with Gasteiger partial charge in [0.2, 0.25) is 0 Å². The maximum Gasteiger partial charge on any atom is 0.253 e. The molecule has 0 spiro atoms. The van der Waals surface area contributed by atoms with Crippen LogP contribution in [-0.4, -0.2) is 50.9 Å². The maximum absolute atomic E-state index is 13.5. The van der Waals surface area contributed by atoms with E-state index in [1.807, 2.05) is 62.5 Å². The van der Waals surface area contributed by atoms with Crippen LogP contribution in [0.25, 0.3) is 10.9 Å². The van der Waals surface area contributed by atoms with Crippen molar-refractivity contribution in [2.75, 3.05) is 6.54 Å². The largest absolute Gasteiger partial charge is 0.489 e. The number of ether oxygens (including phenoxy) is 1. The van der Waals surface area contributed by atoms with Crippen molar-refractivity contribution in [3.63, 3.8) is 0 Å². The highest BCUT2D eigenvalue weighted by molar-refractivity contribution is 6.42. The third-order valence-corrected chi connectivity index (χ3v) is 9.87. The predicted molar refractivity (Wildman–Crippen MR) is 179 cm³/mol. The number of hydrogen-bond acceptors (Lipinski definition) is 5. The van der Waals surface area contributed by atoms with E-state index >= 15 is 0 Å². The number of benzene rings is 2. The molecule has 2 bridgehead atoms. The molecule has 2 aliphatic rings. The van der Waals surface area contributed by atoms with Crippen molar-refractivity contribution in [3.8, 4) is 5.75 Å². The molecule has 4 aromatic rings. The zero-order valence-electron chi connectivity index (χ0n) is 25.8. The molecule has 2 saturated heterocycles. The number of hydrogen-bond donors (Lipinski definition) is 1. The lowest BCUT2D eigenvalue weighted by molar-refractivity contribution is 0.0803. The van der Waals surface area contributed by atoms with Gasteiger partial charge in [0.25, 0.3) is 5.91 Å². The minimum absolute atomic E-state index is 0.00681. The molecule has 45 heavy (non-hydrogen) atoms. The number of ketones is 1. The number of carbonyl (C=O) groups is 2. The van der Waals surface area contributed by atoms with Gasteiger partial charge in [-0.1, -0.05) is 47.5 Å². The number of aromatic nitrogens is 2. The Kier molecular flexibility index (Phi) is 9.78. The first-order chi connectivity index (χ1) is 21.8. The third-order valence-electron chi connectivity index (χ3n) is 9.13. The van der Waals surface area contributed by atoms with Crippen LogP contribution >= 0.6 is 23.2 Å². The third kappa shape index (κ3) is 7.21. The zero-order valence-corrected chi connectivity index (χ0v) is 27.4. The van der Waals surface area contributed by atoms with Crippen LogP contribution in [0.3, 0.4) is 0 Å². The number of aryl methyl sites for hydroxylation is 1. The standard InChI is InChI=1S/C36H40Cl2N4O3/c1-23(2)45-34-9-5-7-28-29(36(44)40-21-24-10-13-30(37)31(38)19-24)22-41(35(28)34)15-6-16-42-26-11-12-27(42)18-25(17-26)20-33(43)32-8-3-4-14-39-32/h3-5,7-10,13-14,19,22-23,25-27H,6,11-12,15-18,20-21H2,1-2H3,(H,40,44)/t25?,26-,27+. The van der Waals surface area contributed by atoms with E-state index in [1.165, 1.54) is 12.8 Å². The number of Topliss-reactive ketones (excluding diaryl/α,β-unsaturated/α-hetero) is 1. The highest BCUT2D eigenvalue weighted by Crippen LogP contribution is 2.40. The van der Waals surface area contributed by atoms with E-state index in [2.05, 4.69) is 19.8 Å². The normalized spacial score (nSPS) is 19.7. The van der Waals surface area contributed by atoms with E-state index in [9.17, 15) is 9.59 Å². The van der Waals surface area contributed by atoms with Gasteiger partial charge in [0.1, 0.15) is 11.4 Å². The van der Waals surface area contributed by atoms with Gasteiger partial charge in [0.15, 0.2) is 5.78 Å². The highest BCUT2D eigenvalue weighted by atomic mass is 35.5. The van der Waals surface area contributed by atoms with Gasteiger partial charge in [-0.15, -0.1) is 0 Å². The average molecular weight is 648 g/mol. The molecule has 6 rings (SSSR count). The van der Waals surface area contributed by atoms with Crippen molar-refractivity contribution in [1.29, 1.82) is 0 Å². The average Bonchev–Trinajstić information content (AvgIpc) is 3.51. The number of fused-ring (bicyclic) bond motifs is 3. The lowest BCUT2D eigenvalue weighted by Gasteiger charge is -2.39. The Labute approximate surface area is 274 Å². The second kappa shape index (κ2) is 13.9. The number of carbonyl (C=O) groups excluding carboxylic acids is 2. The molecule has 7 nitrogen and oxygen atoms in total. The van der Waals surface area contributed by atoms with Crippen LogP contribution in [0.4, 0.5) is 0 Å². The number of piperidine rings is 1. The zero-order chi connectivity index (χ0) is 31.5. The van der Waals surface area contributed by atoms with Crippen LogP contribution in [0.1, 0.15) is 78.8 Å². The topological polar surface area (TPSA) is 76.5 Å². The molecule has 1 amide bonds. The van der Waals surface area contributed by atoms with Crippen LogP contribution in [0, 0.1) is 5.92 Å². The van der Waals surface area contributed by atoms with Crippen molar-refractivity contribution in [3.05, 3.63) is 93.9 Å². The van der Waals surface area contributed by atoms with Crippen molar-refractivity contribution in [2.24, 2.45) is 5.92 Å².